The van der Waals surface area contributed by atoms with Crippen LogP contribution in [0.2, 0.25) is 0 Å². The lowest BCUT2D eigenvalue weighted by molar-refractivity contribution is 0.0667. The minimum Gasteiger partial charge on any atom is -0.337 e. The number of carbonyl (C=O) groups is 1. The number of hydrogen-bond donors (Lipinski definition) is 0. The third-order valence-corrected chi connectivity index (χ3v) is 4.95. The summed E-state index contributed by atoms with van der Waals surface area (Å²) in [6.07, 6.45) is 8.71. The average molecular weight is 331 g/mol. The predicted molar refractivity (Wildman–Crippen MR) is 98.3 cm³/mol. The van der Waals surface area contributed by atoms with Crippen LogP contribution in [0.4, 0.5) is 0 Å². The van der Waals surface area contributed by atoms with Gasteiger partial charge in [-0.3, -0.25) is 14.8 Å². The highest BCUT2D eigenvalue weighted by molar-refractivity contribution is 5.92. The molecule has 1 fully saturated rings. The van der Waals surface area contributed by atoms with E-state index < -0.39 is 0 Å². The molecule has 1 aromatic carbocycles. The summed E-state index contributed by atoms with van der Waals surface area (Å²) in [7, 11) is 0. The van der Waals surface area contributed by atoms with E-state index in [4.69, 9.17) is 0 Å². The molecular formula is C21H21N3O. The number of amides is 1. The van der Waals surface area contributed by atoms with E-state index in [0.29, 0.717) is 11.6 Å². The molecule has 1 aliphatic heterocycles. The van der Waals surface area contributed by atoms with Gasteiger partial charge >= 0.3 is 0 Å². The highest BCUT2D eigenvalue weighted by Gasteiger charge is 2.25. The average Bonchev–Trinajstić information content (AvgIpc) is 2.69. The summed E-state index contributed by atoms with van der Waals surface area (Å²) in [4.78, 5) is 23.2. The standard InChI is InChI=1S/C21H21N3O/c25-21(20-9-3-4-10-23-20)24-11-5-6-16(15-24)12-18-14-22-13-17-7-1-2-8-19(17)18/h1-4,7-10,13-14,16H,5-6,11-12,15H2/t16-/m1/s1. The lowest BCUT2D eigenvalue weighted by atomic mass is 9.90. The summed E-state index contributed by atoms with van der Waals surface area (Å²) in [5.41, 5.74) is 1.81. The van der Waals surface area contributed by atoms with Gasteiger partial charge in [0.1, 0.15) is 5.69 Å². The fourth-order valence-electron chi connectivity index (χ4n) is 3.72. The lowest BCUT2D eigenvalue weighted by Crippen LogP contribution is -2.40. The first-order valence-corrected chi connectivity index (χ1v) is 8.83. The predicted octanol–water partition coefficient (Wildman–Crippen LogP) is 3.72. The number of benzene rings is 1. The van der Waals surface area contributed by atoms with Crippen molar-refractivity contribution in [3.8, 4) is 0 Å². The molecule has 3 heterocycles. The topological polar surface area (TPSA) is 46.1 Å². The molecule has 0 aliphatic carbocycles. The number of carbonyl (C=O) groups excluding carboxylic acids is 1. The fourth-order valence-corrected chi connectivity index (χ4v) is 3.72. The normalized spacial score (nSPS) is 17.6. The van der Waals surface area contributed by atoms with Crippen LogP contribution in [-0.2, 0) is 6.42 Å². The molecule has 1 atom stereocenters. The van der Waals surface area contributed by atoms with Crippen molar-refractivity contribution in [3.05, 3.63) is 72.3 Å². The summed E-state index contributed by atoms with van der Waals surface area (Å²) in [5, 5.41) is 2.45. The van der Waals surface area contributed by atoms with Gasteiger partial charge in [0.05, 0.1) is 0 Å². The van der Waals surface area contributed by atoms with Crippen molar-refractivity contribution < 1.29 is 4.79 Å². The molecule has 126 valence electrons. The van der Waals surface area contributed by atoms with Crippen molar-refractivity contribution in [3.63, 3.8) is 0 Å². The van der Waals surface area contributed by atoms with E-state index in [1.807, 2.05) is 35.5 Å². The minimum atomic E-state index is 0.0429. The highest BCUT2D eigenvalue weighted by atomic mass is 16.2. The number of aromatic nitrogens is 2. The second-order valence-corrected chi connectivity index (χ2v) is 6.70. The first kappa shape index (κ1) is 15.8. The van der Waals surface area contributed by atoms with Crippen molar-refractivity contribution in [1.29, 1.82) is 0 Å². The minimum absolute atomic E-state index is 0.0429. The third kappa shape index (κ3) is 3.38. The second kappa shape index (κ2) is 7.01. The van der Waals surface area contributed by atoms with Crippen molar-refractivity contribution in [2.75, 3.05) is 13.1 Å². The monoisotopic (exact) mass is 331 g/mol. The van der Waals surface area contributed by atoms with Crippen molar-refractivity contribution in [2.45, 2.75) is 19.3 Å². The highest BCUT2D eigenvalue weighted by Crippen LogP contribution is 2.25. The number of likely N-dealkylation sites (tertiary alicyclic amines) is 1. The van der Waals surface area contributed by atoms with Crippen LogP contribution < -0.4 is 0 Å². The van der Waals surface area contributed by atoms with Gasteiger partial charge < -0.3 is 4.90 Å². The Morgan fingerprint density at radius 3 is 2.88 bits per heavy atom. The van der Waals surface area contributed by atoms with Gasteiger partial charge in [-0.25, -0.2) is 0 Å². The van der Waals surface area contributed by atoms with Gasteiger partial charge in [-0.1, -0.05) is 30.3 Å². The van der Waals surface area contributed by atoms with E-state index in [0.717, 1.165) is 32.4 Å². The SMILES string of the molecule is O=C(c1ccccn1)N1CCC[C@H](Cc2cncc3ccccc23)C1. The summed E-state index contributed by atoms with van der Waals surface area (Å²) >= 11 is 0. The molecule has 25 heavy (non-hydrogen) atoms. The molecule has 1 amide bonds. The number of nitrogens with zero attached hydrogens (tertiary/aromatic N) is 3. The molecular weight excluding hydrogens is 310 g/mol. The summed E-state index contributed by atoms with van der Waals surface area (Å²) < 4.78 is 0. The maximum atomic E-state index is 12.7. The van der Waals surface area contributed by atoms with Crippen LogP contribution in [0.3, 0.4) is 0 Å². The smallest absolute Gasteiger partial charge is 0.272 e. The van der Waals surface area contributed by atoms with Gasteiger partial charge in [0.2, 0.25) is 0 Å². The molecule has 4 heteroatoms. The van der Waals surface area contributed by atoms with E-state index in [2.05, 4.69) is 28.2 Å². The number of hydrogen-bond acceptors (Lipinski definition) is 3. The number of rotatable bonds is 3. The van der Waals surface area contributed by atoms with Crippen LogP contribution in [0, 0.1) is 5.92 Å². The first-order valence-electron chi connectivity index (χ1n) is 8.83. The first-order chi connectivity index (χ1) is 12.3. The van der Waals surface area contributed by atoms with E-state index in [1.165, 1.54) is 16.3 Å². The Morgan fingerprint density at radius 2 is 2.00 bits per heavy atom. The summed E-state index contributed by atoms with van der Waals surface area (Å²) in [6, 6.07) is 13.9. The van der Waals surface area contributed by atoms with Crippen molar-refractivity contribution >= 4 is 16.7 Å². The molecule has 1 saturated heterocycles. The van der Waals surface area contributed by atoms with E-state index in [-0.39, 0.29) is 5.91 Å². The van der Waals surface area contributed by atoms with Gasteiger partial charge in [0.15, 0.2) is 0 Å². The Labute approximate surface area is 147 Å². The molecule has 0 unspecified atom stereocenters. The Hall–Kier alpha value is -2.75. The third-order valence-electron chi connectivity index (χ3n) is 4.95. The van der Waals surface area contributed by atoms with Gasteiger partial charge in [-0.15, -0.1) is 0 Å². The van der Waals surface area contributed by atoms with Crippen LogP contribution in [0.5, 0.6) is 0 Å². The Kier molecular flexibility index (Phi) is 4.42. The maximum Gasteiger partial charge on any atom is 0.272 e. The molecule has 1 aliphatic rings. The Balaban J connectivity index is 1.51. The number of fused-ring (bicyclic) bond motifs is 1. The largest absolute Gasteiger partial charge is 0.337 e. The molecule has 4 nitrogen and oxygen atoms in total. The zero-order valence-electron chi connectivity index (χ0n) is 14.1. The van der Waals surface area contributed by atoms with Crippen LogP contribution in [0.25, 0.3) is 10.8 Å². The molecule has 3 aromatic rings. The lowest BCUT2D eigenvalue weighted by Gasteiger charge is -2.32. The van der Waals surface area contributed by atoms with E-state index in [1.54, 1.807) is 12.3 Å². The maximum absolute atomic E-state index is 12.7. The molecule has 0 radical (unpaired) electrons. The molecule has 4 rings (SSSR count). The van der Waals surface area contributed by atoms with E-state index >= 15 is 0 Å². The van der Waals surface area contributed by atoms with Gasteiger partial charge in [-0.05, 0) is 48.3 Å². The fraction of sp³-hybridized carbons (Fsp3) is 0.286. The van der Waals surface area contributed by atoms with Crippen LogP contribution in [0.1, 0.15) is 28.9 Å². The van der Waals surface area contributed by atoms with E-state index in [9.17, 15) is 4.79 Å². The Bertz CT molecular complexity index is 873. The zero-order valence-corrected chi connectivity index (χ0v) is 14.1. The van der Waals surface area contributed by atoms with Crippen LogP contribution in [-0.4, -0.2) is 33.9 Å². The molecule has 0 spiro atoms. The quantitative estimate of drug-likeness (QED) is 0.735. The summed E-state index contributed by atoms with van der Waals surface area (Å²) in [6.45, 7) is 1.61. The van der Waals surface area contributed by atoms with Gasteiger partial charge in [0, 0.05) is 37.1 Å². The molecule has 0 bridgehead atoms. The molecule has 2 aromatic heterocycles. The second-order valence-electron chi connectivity index (χ2n) is 6.70. The van der Waals surface area contributed by atoms with Gasteiger partial charge in [-0.2, -0.15) is 0 Å². The van der Waals surface area contributed by atoms with Crippen LogP contribution >= 0.6 is 0 Å². The Morgan fingerprint density at radius 1 is 1.12 bits per heavy atom. The van der Waals surface area contributed by atoms with Crippen LogP contribution in [0.15, 0.2) is 61.1 Å². The summed E-state index contributed by atoms with van der Waals surface area (Å²) in [5.74, 6) is 0.510. The molecule has 0 saturated carbocycles. The number of piperidine rings is 1. The number of pyridine rings is 2. The van der Waals surface area contributed by atoms with Crippen molar-refractivity contribution in [2.24, 2.45) is 5.92 Å². The molecule has 0 N–H and O–H groups in total. The van der Waals surface area contributed by atoms with Crippen molar-refractivity contribution in [1.82, 2.24) is 14.9 Å². The van der Waals surface area contributed by atoms with Gasteiger partial charge in [0.25, 0.3) is 5.91 Å². The zero-order chi connectivity index (χ0) is 17.1.